The Morgan fingerprint density at radius 2 is 2.25 bits per heavy atom. The smallest absolute Gasteiger partial charge is 0.231 e. The lowest BCUT2D eigenvalue weighted by Crippen LogP contribution is -2.45. The molecule has 0 radical (unpaired) electrons. The molecule has 2 aliphatic rings. The predicted octanol–water partition coefficient (Wildman–Crippen LogP) is 2.02. The molecule has 2 unspecified atom stereocenters. The predicted molar refractivity (Wildman–Crippen MR) is 79.3 cm³/mol. The van der Waals surface area contributed by atoms with E-state index in [4.69, 9.17) is 9.47 Å². The number of piperidine rings is 1. The fourth-order valence-electron chi connectivity index (χ4n) is 3.46. The van der Waals surface area contributed by atoms with Gasteiger partial charge in [-0.1, -0.05) is 19.9 Å². The molecule has 0 aromatic heterocycles. The second kappa shape index (κ2) is 5.26. The molecular formula is C16H24N2O2. The van der Waals surface area contributed by atoms with E-state index in [-0.39, 0.29) is 5.41 Å². The minimum Gasteiger partial charge on any atom is -0.454 e. The molecule has 4 nitrogen and oxygen atoms in total. The fraction of sp³-hybridized carbons (Fsp3) is 0.625. The van der Waals surface area contributed by atoms with E-state index in [0.29, 0.717) is 12.7 Å². The summed E-state index contributed by atoms with van der Waals surface area (Å²) in [7, 11) is 1.98. The van der Waals surface area contributed by atoms with Crippen molar-refractivity contribution >= 4 is 0 Å². The minimum absolute atomic E-state index is 0.193. The van der Waals surface area contributed by atoms with Gasteiger partial charge in [0.15, 0.2) is 11.5 Å². The van der Waals surface area contributed by atoms with E-state index in [1.165, 1.54) is 11.1 Å². The zero-order valence-corrected chi connectivity index (χ0v) is 12.6. The summed E-state index contributed by atoms with van der Waals surface area (Å²) in [5, 5.41) is 6.77. The lowest BCUT2D eigenvalue weighted by molar-refractivity contribution is 0.172. The molecule has 2 aliphatic heterocycles. The average molecular weight is 276 g/mol. The summed E-state index contributed by atoms with van der Waals surface area (Å²) in [6.07, 6.45) is 1.16. The van der Waals surface area contributed by atoms with Crippen LogP contribution in [0.25, 0.3) is 0 Å². The van der Waals surface area contributed by atoms with Crippen LogP contribution >= 0.6 is 0 Å². The molecule has 3 rings (SSSR count). The zero-order valence-electron chi connectivity index (χ0n) is 12.6. The van der Waals surface area contributed by atoms with Crippen molar-refractivity contribution in [2.24, 2.45) is 5.92 Å². The average Bonchev–Trinajstić information content (AvgIpc) is 2.91. The van der Waals surface area contributed by atoms with E-state index < -0.39 is 0 Å². The molecule has 1 aromatic carbocycles. The molecule has 1 saturated heterocycles. The number of hydrogen-bond donors (Lipinski definition) is 2. The third-order valence-corrected chi connectivity index (χ3v) is 4.97. The molecule has 110 valence electrons. The van der Waals surface area contributed by atoms with Crippen molar-refractivity contribution in [2.75, 3.05) is 26.9 Å². The van der Waals surface area contributed by atoms with Gasteiger partial charge in [0, 0.05) is 12.1 Å². The van der Waals surface area contributed by atoms with Gasteiger partial charge in [-0.25, -0.2) is 0 Å². The van der Waals surface area contributed by atoms with Crippen molar-refractivity contribution in [3.8, 4) is 11.5 Å². The van der Waals surface area contributed by atoms with Gasteiger partial charge in [-0.3, -0.25) is 0 Å². The summed E-state index contributed by atoms with van der Waals surface area (Å²) in [6.45, 7) is 8.02. The molecule has 20 heavy (non-hydrogen) atoms. The van der Waals surface area contributed by atoms with Gasteiger partial charge in [0.05, 0.1) is 0 Å². The van der Waals surface area contributed by atoms with Crippen LogP contribution in [0.3, 0.4) is 0 Å². The number of nitrogens with one attached hydrogen (secondary N) is 2. The molecule has 2 heterocycles. The van der Waals surface area contributed by atoms with Gasteiger partial charge >= 0.3 is 0 Å². The van der Waals surface area contributed by atoms with Gasteiger partial charge < -0.3 is 20.1 Å². The van der Waals surface area contributed by atoms with Crippen LogP contribution in [-0.2, 0) is 12.0 Å². The van der Waals surface area contributed by atoms with Crippen LogP contribution in [0.1, 0.15) is 31.4 Å². The number of ether oxygens (including phenoxy) is 2. The molecule has 1 fully saturated rings. The third-order valence-electron chi connectivity index (χ3n) is 4.97. The normalized spacial score (nSPS) is 28.6. The molecule has 1 aromatic rings. The highest BCUT2D eigenvalue weighted by atomic mass is 16.7. The second-order valence-corrected chi connectivity index (χ2v) is 6.13. The van der Waals surface area contributed by atoms with E-state index >= 15 is 0 Å². The van der Waals surface area contributed by atoms with Crippen molar-refractivity contribution in [1.29, 1.82) is 0 Å². The number of benzene rings is 1. The van der Waals surface area contributed by atoms with Crippen LogP contribution in [0.5, 0.6) is 11.5 Å². The quantitative estimate of drug-likeness (QED) is 0.886. The van der Waals surface area contributed by atoms with E-state index in [1.807, 2.05) is 7.05 Å². The third kappa shape index (κ3) is 2.07. The number of rotatable bonds is 3. The molecule has 0 bridgehead atoms. The van der Waals surface area contributed by atoms with Gasteiger partial charge in [-0.05, 0) is 49.5 Å². The number of hydrogen-bond acceptors (Lipinski definition) is 4. The summed E-state index contributed by atoms with van der Waals surface area (Å²) in [6, 6.07) is 4.30. The Labute approximate surface area is 120 Å². The number of fused-ring (bicyclic) bond motifs is 1. The minimum atomic E-state index is 0.193. The Bertz CT molecular complexity index is 503. The summed E-state index contributed by atoms with van der Waals surface area (Å²) < 4.78 is 11.2. The van der Waals surface area contributed by atoms with E-state index in [2.05, 4.69) is 36.6 Å². The molecule has 0 saturated carbocycles. The first-order valence-corrected chi connectivity index (χ1v) is 7.44. The van der Waals surface area contributed by atoms with Gasteiger partial charge in [-0.15, -0.1) is 0 Å². The van der Waals surface area contributed by atoms with Crippen LogP contribution in [0.4, 0.5) is 0 Å². The maximum atomic E-state index is 5.72. The molecule has 4 heteroatoms. The van der Waals surface area contributed by atoms with Gasteiger partial charge in [-0.2, -0.15) is 0 Å². The first-order valence-electron chi connectivity index (χ1n) is 7.44. The van der Waals surface area contributed by atoms with E-state index in [9.17, 15) is 0 Å². The summed E-state index contributed by atoms with van der Waals surface area (Å²) in [5.41, 5.74) is 2.86. The second-order valence-electron chi connectivity index (χ2n) is 6.13. The van der Waals surface area contributed by atoms with Gasteiger partial charge in [0.25, 0.3) is 0 Å². The Kier molecular flexibility index (Phi) is 3.61. The maximum Gasteiger partial charge on any atom is 0.231 e. The molecule has 2 atom stereocenters. The van der Waals surface area contributed by atoms with Crippen molar-refractivity contribution in [3.05, 3.63) is 23.3 Å². The standard InChI is InChI=1S/C16H24N2O2/c1-11-8-18-7-6-16(11,2)13-4-5-14-15(20-10-19-14)12(13)9-17-3/h4-5,11,17-18H,6-10H2,1-3H3. The molecule has 0 aliphatic carbocycles. The lowest BCUT2D eigenvalue weighted by Gasteiger charge is -2.42. The summed E-state index contributed by atoms with van der Waals surface area (Å²) in [4.78, 5) is 0. The van der Waals surface area contributed by atoms with Crippen molar-refractivity contribution < 1.29 is 9.47 Å². The monoisotopic (exact) mass is 276 g/mol. The van der Waals surface area contributed by atoms with Crippen LogP contribution < -0.4 is 20.1 Å². The van der Waals surface area contributed by atoms with Crippen LogP contribution in [-0.4, -0.2) is 26.9 Å². The highest BCUT2D eigenvalue weighted by Gasteiger charge is 2.38. The van der Waals surface area contributed by atoms with Gasteiger partial charge in [0.2, 0.25) is 6.79 Å². The zero-order chi connectivity index (χ0) is 14.2. The molecule has 0 spiro atoms. The highest BCUT2D eigenvalue weighted by molar-refractivity contribution is 5.54. The molecular weight excluding hydrogens is 252 g/mol. The Balaban J connectivity index is 2.08. The Morgan fingerprint density at radius 3 is 3.00 bits per heavy atom. The fourth-order valence-corrected chi connectivity index (χ4v) is 3.46. The molecule has 0 amide bonds. The summed E-state index contributed by atoms with van der Waals surface area (Å²) in [5.74, 6) is 2.42. The maximum absolute atomic E-state index is 5.72. The van der Waals surface area contributed by atoms with Crippen molar-refractivity contribution in [2.45, 2.75) is 32.2 Å². The topological polar surface area (TPSA) is 42.5 Å². The Hall–Kier alpha value is -1.26. The SMILES string of the molecule is CNCc1c(C2(C)CCNCC2C)ccc2c1OCO2. The largest absolute Gasteiger partial charge is 0.454 e. The first kappa shape index (κ1) is 13.7. The van der Waals surface area contributed by atoms with Crippen molar-refractivity contribution in [3.63, 3.8) is 0 Å². The highest BCUT2D eigenvalue weighted by Crippen LogP contribution is 2.45. The summed E-state index contributed by atoms with van der Waals surface area (Å²) >= 11 is 0. The lowest BCUT2D eigenvalue weighted by atomic mass is 9.67. The van der Waals surface area contributed by atoms with E-state index in [0.717, 1.165) is 37.6 Å². The van der Waals surface area contributed by atoms with Gasteiger partial charge in [0.1, 0.15) is 0 Å². The van der Waals surface area contributed by atoms with Crippen LogP contribution in [0, 0.1) is 5.92 Å². The Morgan fingerprint density at radius 1 is 1.40 bits per heavy atom. The molecule has 2 N–H and O–H groups in total. The van der Waals surface area contributed by atoms with Crippen LogP contribution in [0.2, 0.25) is 0 Å². The van der Waals surface area contributed by atoms with E-state index in [1.54, 1.807) is 0 Å². The van der Waals surface area contributed by atoms with Crippen LogP contribution in [0.15, 0.2) is 12.1 Å². The first-order chi connectivity index (χ1) is 9.66. The van der Waals surface area contributed by atoms with Crippen molar-refractivity contribution in [1.82, 2.24) is 10.6 Å².